The van der Waals surface area contributed by atoms with Gasteiger partial charge in [-0.05, 0) is 25.3 Å². The number of carbonyl (C=O) groups excluding carboxylic acids is 1. The molecule has 2 aromatic heterocycles. The van der Waals surface area contributed by atoms with E-state index >= 15 is 0 Å². The Bertz CT molecular complexity index is 915. The molecule has 1 atom stereocenters. The second kappa shape index (κ2) is 6.67. The molecule has 26 heavy (non-hydrogen) atoms. The molecule has 3 heterocycles. The van der Waals surface area contributed by atoms with Crippen molar-refractivity contribution in [3.63, 3.8) is 0 Å². The maximum absolute atomic E-state index is 13.0. The monoisotopic (exact) mass is 351 g/mol. The summed E-state index contributed by atoms with van der Waals surface area (Å²) in [6, 6.07) is 11.6. The van der Waals surface area contributed by atoms with Gasteiger partial charge in [0.05, 0.1) is 17.9 Å². The Kier molecular flexibility index (Phi) is 4.20. The van der Waals surface area contributed by atoms with Crippen molar-refractivity contribution in [2.45, 2.75) is 25.8 Å². The van der Waals surface area contributed by atoms with Gasteiger partial charge in [0.25, 0.3) is 0 Å². The molecule has 1 aliphatic rings. The first-order chi connectivity index (χ1) is 12.6. The molecular formula is C19H21N5O2. The highest BCUT2D eigenvalue weighted by Crippen LogP contribution is 2.34. The maximum atomic E-state index is 13.0. The molecule has 3 aromatic rings. The molecule has 7 heteroatoms. The van der Waals surface area contributed by atoms with E-state index in [-0.39, 0.29) is 12.1 Å². The molecule has 1 fully saturated rings. The van der Waals surface area contributed by atoms with Gasteiger partial charge in [0.2, 0.25) is 0 Å². The fourth-order valence-electron chi connectivity index (χ4n) is 3.43. The lowest BCUT2D eigenvalue weighted by atomic mass is 10.1. The zero-order valence-electron chi connectivity index (χ0n) is 14.8. The fourth-order valence-corrected chi connectivity index (χ4v) is 3.43. The molecular weight excluding hydrogens is 330 g/mol. The van der Waals surface area contributed by atoms with Crippen LogP contribution in [0.4, 0.5) is 10.6 Å². The summed E-state index contributed by atoms with van der Waals surface area (Å²) in [4.78, 5) is 14.8. The highest BCUT2D eigenvalue weighted by atomic mass is 16.5. The SMILES string of the molecule is Cc1cc(C2CCCN2C(=O)Nc2c(-c3ccccc3)cnn2C)on1. The van der Waals surface area contributed by atoms with Crippen LogP contribution >= 0.6 is 0 Å². The van der Waals surface area contributed by atoms with E-state index in [1.54, 1.807) is 10.9 Å². The number of rotatable bonds is 3. The first kappa shape index (κ1) is 16.4. The van der Waals surface area contributed by atoms with E-state index in [0.29, 0.717) is 12.4 Å². The topological polar surface area (TPSA) is 76.2 Å². The van der Waals surface area contributed by atoms with Crippen molar-refractivity contribution in [2.24, 2.45) is 7.05 Å². The summed E-state index contributed by atoms with van der Waals surface area (Å²) in [6.45, 7) is 2.57. The summed E-state index contributed by atoms with van der Waals surface area (Å²) >= 11 is 0. The highest BCUT2D eigenvalue weighted by Gasteiger charge is 2.33. The third kappa shape index (κ3) is 2.96. The Hall–Kier alpha value is -3.09. The Morgan fingerprint density at radius 1 is 1.31 bits per heavy atom. The maximum Gasteiger partial charge on any atom is 0.323 e. The van der Waals surface area contributed by atoms with E-state index in [1.807, 2.05) is 55.3 Å². The number of benzene rings is 1. The van der Waals surface area contributed by atoms with E-state index in [4.69, 9.17) is 4.52 Å². The predicted molar refractivity (Wildman–Crippen MR) is 97.6 cm³/mol. The molecule has 4 rings (SSSR count). The minimum atomic E-state index is -0.151. The van der Waals surface area contributed by atoms with Crippen LogP contribution in [0.15, 0.2) is 47.1 Å². The van der Waals surface area contributed by atoms with Crippen molar-refractivity contribution in [1.82, 2.24) is 19.8 Å². The number of hydrogen-bond donors (Lipinski definition) is 1. The van der Waals surface area contributed by atoms with E-state index < -0.39 is 0 Å². The van der Waals surface area contributed by atoms with Crippen LogP contribution in [0.2, 0.25) is 0 Å². The summed E-state index contributed by atoms with van der Waals surface area (Å²) in [7, 11) is 1.82. The molecule has 0 aliphatic carbocycles. The minimum absolute atomic E-state index is 0.0791. The smallest absolute Gasteiger partial charge is 0.323 e. The molecule has 0 radical (unpaired) electrons. The van der Waals surface area contributed by atoms with Crippen LogP contribution in [0.25, 0.3) is 11.1 Å². The molecule has 0 spiro atoms. The van der Waals surface area contributed by atoms with Crippen molar-refractivity contribution >= 4 is 11.8 Å². The van der Waals surface area contributed by atoms with Gasteiger partial charge in [-0.25, -0.2) is 4.79 Å². The van der Waals surface area contributed by atoms with Crippen molar-refractivity contribution in [1.29, 1.82) is 0 Å². The number of aryl methyl sites for hydroxylation is 2. The summed E-state index contributed by atoms with van der Waals surface area (Å²) < 4.78 is 7.08. The fraction of sp³-hybridized carbons (Fsp3) is 0.316. The van der Waals surface area contributed by atoms with Crippen LogP contribution in [0.3, 0.4) is 0 Å². The number of amides is 2. The molecule has 2 amide bonds. The van der Waals surface area contributed by atoms with Crippen molar-refractivity contribution < 1.29 is 9.32 Å². The molecule has 1 aliphatic heterocycles. The van der Waals surface area contributed by atoms with Crippen LogP contribution in [0, 0.1) is 6.92 Å². The van der Waals surface area contributed by atoms with Crippen LogP contribution in [-0.2, 0) is 7.05 Å². The number of nitrogens with one attached hydrogen (secondary N) is 1. The van der Waals surface area contributed by atoms with Gasteiger partial charge in [-0.15, -0.1) is 0 Å². The molecule has 0 bridgehead atoms. The largest absolute Gasteiger partial charge is 0.359 e. The third-order valence-corrected chi connectivity index (χ3v) is 4.74. The number of carbonyl (C=O) groups is 1. The second-order valence-electron chi connectivity index (χ2n) is 6.55. The Morgan fingerprint density at radius 3 is 2.85 bits per heavy atom. The zero-order chi connectivity index (χ0) is 18.1. The van der Waals surface area contributed by atoms with Gasteiger partial charge in [0.15, 0.2) is 5.76 Å². The average Bonchev–Trinajstić information content (AvgIpc) is 3.36. The van der Waals surface area contributed by atoms with Gasteiger partial charge < -0.3 is 9.42 Å². The lowest BCUT2D eigenvalue weighted by molar-refractivity contribution is 0.195. The molecule has 134 valence electrons. The normalized spacial score (nSPS) is 16.8. The Morgan fingerprint density at radius 2 is 2.12 bits per heavy atom. The van der Waals surface area contributed by atoms with Crippen LogP contribution < -0.4 is 5.32 Å². The van der Waals surface area contributed by atoms with Gasteiger partial charge in [0.1, 0.15) is 5.82 Å². The van der Waals surface area contributed by atoms with E-state index in [1.165, 1.54) is 0 Å². The van der Waals surface area contributed by atoms with Crippen LogP contribution in [0.1, 0.15) is 30.3 Å². The van der Waals surface area contributed by atoms with Crippen molar-refractivity contribution in [3.8, 4) is 11.1 Å². The second-order valence-corrected chi connectivity index (χ2v) is 6.55. The molecule has 1 unspecified atom stereocenters. The zero-order valence-corrected chi connectivity index (χ0v) is 14.8. The third-order valence-electron chi connectivity index (χ3n) is 4.74. The summed E-state index contributed by atoms with van der Waals surface area (Å²) in [5, 5.41) is 11.3. The van der Waals surface area contributed by atoms with E-state index in [2.05, 4.69) is 15.6 Å². The van der Waals surface area contributed by atoms with E-state index in [9.17, 15) is 4.79 Å². The standard InChI is InChI=1S/C19H21N5O2/c1-13-11-17(26-22-13)16-9-6-10-24(16)19(25)21-18-15(12-20-23(18)2)14-7-4-3-5-8-14/h3-5,7-8,11-12,16H,6,9-10H2,1-2H3,(H,21,25). The van der Waals surface area contributed by atoms with Gasteiger partial charge in [-0.1, -0.05) is 35.5 Å². The lowest BCUT2D eigenvalue weighted by Crippen LogP contribution is -2.35. The minimum Gasteiger partial charge on any atom is -0.359 e. The number of urea groups is 1. The van der Waals surface area contributed by atoms with Crippen molar-refractivity contribution in [2.75, 3.05) is 11.9 Å². The molecule has 1 saturated heterocycles. The predicted octanol–water partition coefficient (Wildman–Crippen LogP) is 3.75. The Labute approximate surface area is 151 Å². The highest BCUT2D eigenvalue weighted by molar-refractivity contribution is 5.93. The number of nitrogens with zero attached hydrogens (tertiary/aromatic N) is 4. The quantitative estimate of drug-likeness (QED) is 0.780. The first-order valence-corrected chi connectivity index (χ1v) is 8.72. The number of anilines is 1. The summed E-state index contributed by atoms with van der Waals surface area (Å²) in [5.41, 5.74) is 2.73. The van der Waals surface area contributed by atoms with E-state index in [0.717, 1.165) is 35.4 Å². The van der Waals surface area contributed by atoms with Gasteiger partial charge in [0, 0.05) is 25.2 Å². The van der Waals surface area contributed by atoms with Gasteiger partial charge >= 0.3 is 6.03 Å². The van der Waals surface area contributed by atoms with Gasteiger partial charge in [-0.3, -0.25) is 10.00 Å². The molecule has 0 saturated carbocycles. The summed E-state index contributed by atoms with van der Waals surface area (Å²) in [5.74, 6) is 1.42. The van der Waals surface area contributed by atoms with Crippen molar-refractivity contribution in [3.05, 3.63) is 54.0 Å². The van der Waals surface area contributed by atoms with Gasteiger partial charge in [-0.2, -0.15) is 5.10 Å². The van der Waals surface area contributed by atoms with Crippen LogP contribution in [0.5, 0.6) is 0 Å². The lowest BCUT2D eigenvalue weighted by Gasteiger charge is -2.23. The molecule has 1 aromatic carbocycles. The Balaban J connectivity index is 1.58. The average molecular weight is 351 g/mol. The first-order valence-electron chi connectivity index (χ1n) is 8.72. The number of likely N-dealkylation sites (tertiary alicyclic amines) is 1. The number of hydrogen-bond acceptors (Lipinski definition) is 4. The number of aromatic nitrogens is 3. The molecule has 7 nitrogen and oxygen atoms in total. The molecule has 1 N–H and O–H groups in total. The summed E-state index contributed by atoms with van der Waals surface area (Å²) in [6.07, 6.45) is 3.58. The van der Waals surface area contributed by atoms with Crippen LogP contribution in [-0.4, -0.2) is 32.4 Å².